The van der Waals surface area contributed by atoms with Crippen LogP contribution < -0.4 is 10.3 Å². The van der Waals surface area contributed by atoms with Crippen molar-refractivity contribution in [2.24, 2.45) is 5.92 Å². The molecule has 3 heterocycles. The monoisotopic (exact) mass is 568 g/mol. The average molecular weight is 569 g/mol. The zero-order valence-corrected chi connectivity index (χ0v) is 23.9. The lowest BCUT2D eigenvalue weighted by molar-refractivity contribution is 0.0559. The number of hydrogen-bond acceptors (Lipinski definition) is 5. The third-order valence-electron chi connectivity index (χ3n) is 8.65. The molecule has 2 atom stereocenters. The first-order valence-electron chi connectivity index (χ1n) is 14.3. The Balaban J connectivity index is 1.23. The second kappa shape index (κ2) is 11.0. The van der Waals surface area contributed by atoms with Crippen molar-refractivity contribution >= 4 is 22.6 Å². The quantitative estimate of drug-likeness (QED) is 0.378. The summed E-state index contributed by atoms with van der Waals surface area (Å²) in [6.07, 6.45) is 2.03. The molecule has 0 aliphatic carbocycles. The first kappa shape index (κ1) is 27.6. The van der Waals surface area contributed by atoms with Crippen LogP contribution in [0.2, 0.25) is 0 Å². The number of aromatic nitrogens is 2. The molecule has 0 unspecified atom stereocenters. The Morgan fingerprint density at radius 3 is 2.50 bits per heavy atom. The molecule has 2 aliphatic rings. The van der Waals surface area contributed by atoms with Crippen LogP contribution in [-0.4, -0.2) is 64.6 Å². The van der Waals surface area contributed by atoms with Crippen molar-refractivity contribution in [3.63, 3.8) is 0 Å². The maximum absolute atomic E-state index is 15.1. The van der Waals surface area contributed by atoms with Gasteiger partial charge in [0, 0.05) is 37.0 Å². The molecule has 0 saturated carbocycles. The minimum absolute atomic E-state index is 0.00746. The molecule has 4 aromatic rings. The number of methoxy groups -OCH3 is 1. The molecule has 2 amide bonds. The molecule has 42 heavy (non-hydrogen) atoms. The molecule has 0 spiro atoms. The van der Waals surface area contributed by atoms with Gasteiger partial charge in [0.15, 0.2) is 0 Å². The number of fused-ring (bicyclic) bond motifs is 2. The highest BCUT2D eigenvalue weighted by molar-refractivity contribution is 5.96. The number of likely N-dealkylation sites (tertiary alicyclic amines) is 2. The number of halogens is 1. The van der Waals surface area contributed by atoms with Crippen molar-refractivity contribution in [2.45, 2.75) is 39.2 Å². The summed E-state index contributed by atoms with van der Waals surface area (Å²) in [5.74, 6) is -0.115. The topological polar surface area (TPSA) is 95.6 Å². The number of amides is 2. The third kappa shape index (κ3) is 4.93. The molecule has 3 aromatic carbocycles. The van der Waals surface area contributed by atoms with Gasteiger partial charge in [-0.15, -0.1) is 0 Å². The standard InChI is InChI=1S/C33H33FN4O4/c1-19-13-23(14-20(2)30(19)42-3)32(40)37-17-22-7-6-12-38(29(22)18-37)33(41)26-15-21(10-11-27(26)34)16-28-24-8-4-5-9-25(24)31(39)36-35-28/h4-5,8-11,13-15,22,29H,6-7,12,16-18H2,1-3H3,(H,36,39)/t22-,29+/m1/s1. The molecule has 0 bridgehead atoms. The van der Waals surface area contributed by atoms with Crippen LogP contribution in [0.15, 0.2) is 59.4 Å². The fourth-order valence-corrected chi connectivity index (χ4v) is 6.68. The van der Waals surface area contributed by atoms with Gasteiger partial charge in [0.1, 0.15) is 11.6 Å². The van der Waals surface area contributed by atoms with Crippen molar-refractivity contribution in [1.29, 1.82) is 0 Å². The van der Waals surface area contributed by atoms with E-state index in [1.807, 2.05) is 43.0 Å². The van der Waals surface area contributed by atoms with Gasteiger partial charge in [-0.1, -0.05) is 24.3 Å². The largest absolute Gasteiger partial charge is 0.496 e. The van der Waals surface area contributed by atoms with Gasteiger partial charge >= 0.3 is 0 Å². The highest BCUT2D eigenvalue weighted by Gasteiger charge is 2.43. The van der Waals surface area contributed by atoms with E-state index in [1.54, 1.807) is 36.3 Å². The van der Waals surface area contributed by atoms with E-state index in [1.165, 1.54) is 6.07 Å². The first-order valence-corrected chi connectivity index (χ1v) is 14.3. The number of ether oxygens (including phenoxy) is 1. The summed E-state index contributed by atoms with van der Waals surface area (Å²) in [6, 6.07) is 15.3. The maximum atomic E-state index is 15.1. The predicted octanol–water partition coefficient (Wildman–Crippen LogP) is 4.66. The zero-order chi connectivity index (χ0) is 29.5. The first-order chi connectivity index (χ1) is 20.2. The highest BCUT2D eigenvalue weighted by atomic mass is 19.1. The summed E-state index contributed by atoms with van der Waals surface area (Å²) in [4.78, 5) is 43.1. The summed E-state index contributed by atoms with van der Waals surface area (Å²) in [6.45, 7) is 5.33. The Morgan fingerprint density at radius 1 is 1.02 bits per heavy atom. The van der Waals surface area contributed by atoms with Gasteiger partial charge in [-0.3, -0.25) is 14.4 Å². The molecule has 216 valence electrons. The van der Waals surface area contributed by atoms with E-state index in [4.69, 9.17) is 4.74 Å². The van der Waals surface area contributed by atoms with Crippen molar-refractivity contribution in [3.05, 3.63) is 104 Å². The molecular formula is C33H33FN4O4. The zero-order valence-electron chi connectivity index (χ0n) is 23.9. The predicted molar refractivity (Wildman–Crippen MR) is 157 cm³/mol. The van der Waals surface area contributed by atoms with Crippen LogP contribution in [0.4, 0.5) is 4.39 Å². The Morgan fingerprint density at radius 2 is 1.76 bits per heavy atom. The van der Waals surface area contributed by atoms with Crippen LogP contribution in [0, 0.1) is 25.6 Å². The average Bonchev–Trinajstić information content (AvgIpc) is 3.43. The number of aromatic amines is 1. The number of piperidine rings is 1. The Hall–Kier alpha value is -4.53. The molecule has 0 radical (unpaired) electrons. The molecule has 1 aromatic heterocycles. The minimum atomic E-state index is -0.583. The number of aryl methyl sites for hydroxylation is 2. The molecule has 1 N–H and O–H groups in total. The number of carbonyl (C=O) groups is 2. The number of nitrogens with zero attached hydrogens (tertiary/aromatic N) is 3. The van der Waals surface area contributed by atoms with Crippen molar-refractivity contribution in [1.82, 2.24) is 20.0 Å². The van der Waals surface area contributed by atoms with E-state index >= 15 is 4.39 Å². The summed E-state index contributed by atoms with van der Waals surface area (Å²) in [5.41, 5.74) is 3.49. The van der Waals surface area contributed by atoms with Crippen LogP contribution in [0.3, 0.4) is 0 Å². The van der Waals surface area contributed by atoms with Gasteiger partial charge < -0.3 is 14.5 Å². The fraction of sp³-hybridized carbons (Fsp3) is 0.333. The maximum Gasteiger partial charge on any atom is 0.272 e. The second-order valence-electron chi connectivity index (χ2n) is 11.4. The van der Waals surface area contributed by atoms with E-state index in [9.17, 15) is 14.4 Å². The summed E-state index contributed by atoms with van der Waals surface area (Å²) < 4.78 is 20.6. The van der Waals surface area contributed by atoms with Crippen LogP contribution in [0.5, 0.6) is 5.75 Å². The lowest BCUT2D eigenvalue weighted by atomic mass is 9.91. The lowest BCUT2D eigenvalue weighted by Gasteiger charge is -2.37. The minimum Gasteiger partial charge on any atom is -0.496 e. The number of H-pyrrole nitrogens is 1. The van der Waals surface area contributed by atoms with E-state index in [0.717, 1.165) is 35.1 Å². The van der Waals surface area contributed by atoms with Crippen molar-refractivity contribution < 1.29 is 18.7 Å². The number of hydrogen-bond donors (Lipinski definition) is 1. The van der Waals surface area contributed by atoms with E-state index in [-0.39, 0.29) is 34.9 Å². The Kier molecular flexibility index (Phi) is 7.26. The van der Waals surface area contributed by atoms with Crippen molar-refractivity contribution in [3.8, 4) is 5.75 Å². The number of nitrogens with one attached hydrogen (secondary N) is 1. The van der Waals surface area contributed by atoms with Gasteiger partial charge in [0.25, 0.3) is 17.4 Å². The smallest absolute Gasteiger partial charge is 0.272 e. The Bertz CT molecular complexity index is 1740. The molecule has 2 fully saturated rings. The molecule has 8 nitrogen and oxygen atoms in total. The highest BCUT2D eigenvalue weighted by Crippen LogP contribution is 2.34. The third-order valence-corrected chi connectivity index (χ3v) is 8.65. The van der Waals surface area contributed by atoms with Crippen LogP contribution >= 0.6 is 0 Å². The number of carbonyl (C=O) groups excluding carboxylic acids is 2. The van der Waals surface area contributed by atoms with Crippen LogP contribution in [-0.2, 0) is 6.42 Å². The Labute approximate surface area is 243 Å². The van der Waals surface area contributed by atoms with Crippen LogP contribution in [0.1, 0.15) is 55.9 Å². The molecular weight excluding hydrogens is 535 g/mol. The SMILES string of the molecule is COc1c(C)cc(C(=O)N2C[C@H]3CCCN(C(=O)c4cc(Cc5n[nH]c(=O)c6ccccc56)ccc4F)[C@H]3C2)cc1C. The summed E-state index contributed by atoms with van der Waals surface area (Å²) in [7, 11) is 1.62. The fourth-order valence-electron chi connectivity index (χ4n) is 6.68. The van der Waals surface area contributed by atoms with Gasteiger partial charge in [-0.2, -0.15) is 5.10 Å². The summed E-state index contributed by atoms with van der Waals surface area (Å²) >= 11 is 0. The van der Waals surface area contributed by atoms with Crippen molar-refractivity contribution in [2.75, 3.05) is 26.7 Å². The molecule has 6 rings (SSSR count). The number of rotatable bonds is 5. The lowest BCUT2D eigenvalue weighted by Crippen LogP contribution is -2.48. The van der Waals surface area contributed by atoms with E-state index < -0.39 is 5.82 Å². The van der Waals surface area contributed by atoms with Gasteiger partial charge in [-0.05, 0) is 79.6 Å². The molecule has 2 saturated heterocycles. The molecule has 2 aliphatic heterocycles. The molecule has 9 heteroatoms. The number of benzene rings is 3. The van der Waals surface area contributed by atoms with E-state index in [0.29, 0.717) is 48.3 Å². The normalized spacial score (nSPS) is 18.3. The van der Waals surface area contributed by atoms with Crippen LogP contribution in [0.25, 0.3) is 10.8 Å². The van der Waals surface area contributed by atoms with Gasteiger partial charge in [-0.25, -0.2) is 9.49 Å². The van der Waals surface area contributed by atoms with E-state index in [2.05, 4.69) is 10.2 Å². The summed E-state index contributed by atoms with van der Waals surface area (Å²) in [5, 5.41) is 8.01. The second-order valence-corrected chi connectivity index (χ2v) is 11.4. The van der Waals surface area contributed by atoms with Gasteiger partial charge in [0.05, 0.1) is 29.8 Å². The van der Waals surface area contributed by atoms with Gasteiger partial charge in [0.2, 0.25) is 0 Å².